The number of rotatable bonds is 10. The molecule has 0 aromatic rings. The summed E-state index contributed by atoms with van der Waals surface area (Å²) in [6.07, 6.45) is 3.20. The van der Waals surface area contributed by atoms with Gasteiger partial charge < -0.3 is 14.9 Å². The maximum Gasteiger partial charge on any atom is 0.309 e. The molecule has 0 aliphatic carbocycles. The monoisotopic (exact) mass is 246 g/mol. The van der Waals surface area contributed by atoms with Gasteiger partial charge in [-0.15, -0.1) is 0 Å². The van der Waals surface area contributed by atoms with E-state index in [1.165, 1.54) is 0 Å². The molecule has 1 atom stereocenters. The number of aliphatic hydroxyl groups excluding tert-OH is 1. The van der Waals surface area contributed by atoms with Crippen LogP contribution < -0.4 is 0 Å². The molecule has 0 amide bonds. The predicted octanol–water partition coefficient (Wildman–Crippen LogP) is 1.58. The predicted molar refractivity (Wildman–Crippen MR) is 62.5 cm³/mol. The fourth-order valence-electron chi connectivity index (χ4n) is 1.45. The Hall–Kier alpha value is -1.10. The lowest BCUT2D eigenvalue weighted by atomic mass is 9.98. The van der Waals surface area contributed by atoms with Gasteiger partial charge in [-0.05, 0) is 19.3 Å². The first-order valence-corrected chi connectivity index (χ1v) is 6.11. The van der Waals surface area contributed by atoms with Gasteiger partial charge in [-0.1, -0.05) is 19.8 Å². The van der Waals surface area contributed by atoms with Gasteiger partial charge in [0.1, 0.15) is 0 Å². The molecule has 0 rings (SSSR count). The third-order valence-corrected chi connectivity index (χ3v) is 2.46. The molecule has 100 valence electrons. The van der Waals surface area contributed by atoms with Crippen molar-refractivity contribution in [3.8, 4) is 0 Å². The fourth-order valence-corrected chi connectivity index (χ4v) is 1.45. The van der Waals surface area contributed by atoms with Crippen molar-refractivity contribution in [3.05, 3.63) is 0 Å². The van der Waals surface area contributed by atoms with Crippen molar-refractivity contribution in [1.82, 2.24) is 0 Å². The smallest absolute Gasteiger partial charge is 0.309 e. The zero-order chi connectivity index (χ0) is 13.1. The van der Waals surface area contributed by atoms with Gasteiger partial charge in [0.05, 0.1) is 18.9 Å². The Bertz CT molecular complexity index is 227. The second-order valence-corrected chi connectivity index (χ2v) is 4.04. The molecule has 0 radical (unpaired) electrons. The summed E-state index contributed by atoms with van der Waals surface area (Å²) < 4.78 is 5.01. The van der Waals surface area contributed by atoms with Crippen molar-refractivity contribution in [2.45, 2.75) is 45.4 Å². The molecule has 1 unspecified atom stereocenters. The van der Waals surface area contributed by atoms with E-state index in [4.69, 9.17) is 14.9 Å². The molecule has 0 aromatic carbocycles. The molecule has 0 saturated heterocycles. The number of carbonyl (C=O) groups is 2. The third kappa shape index (κ3) is 8.68. The Kier molecular flexibility index (Phi) is 9.43. The normalized spacial score (nSPS) is 12.1. The number of hydrogen-bond acceptors (Lipinski definition) is 4. The lowest BCUT2D eigenvalue weighted by Gasteiger charge is -2.13. The average Bonchev–Trinajstić information content (AvgIpc) is 2.27. The summed E-state index contributed by atoms with van der Waals surface area (Å²) in [7, 11) is 0. The minimum Gasteiger partial charge on any atom is -0.481 e. The lowest BCUT2D eigenvalue weighted by Crippen LogP contribution is -2.21. The summed E-state index contributed by atoms with van der Waals surface area (Å²) in [5.74, 6) is -2.01. The van der Waals surface area contributed by atoms with E-state index < -0.39 is 17.9 Å². The number of carbonyl (C=O) groups excluding carboxylic acids is 1. The molecule has 0 bridgehead atoms. The Morgan fingerprint density at radius 1 is 1.24 bits per heavy atom. The highest BCUT2D eigenvalue weighted by Gasteiger charge is 2.22. The number of aliphatic hydroxyl groups is 1. The van der Waals surface area contributed by atoms with Crippen molar-refractivity contribution in [1.29, 1.82) is 0 Å². The van der Waals surface area contributed by atoms with Crippen LogP contribution in [0.5, 0.6) is 0 Å². The molecule has 0 aliphatic heterocycles. The van der Waals surface area contributed by atoms with Gasteiger partial charge >= 0.3 is 11.9 Å². The molecule has 0 aliphatic rings. The van der Waals surface area contributed by atoms with Crippen molar-refractivity contribution >= 4 is 11.9 Å². The van der Waals surface area contributed by atoms with Crippen LogP contribution in [0.3, 0.4) is 0 Å². The lowest BCUT2D eigenvalue weighted by molar-refractivity contribution is -0.153. The van der Waals surface area contributed by atoms with E-state index in [1.807, 2.05) is 6.92 Å². The second-order valence-electron chi connectivity index (χ2n) is 4.04. The number of aliphatic carboxylic acids is 1. The van der Waals surface area contributed by atoms with Crippen LogP contribution in [0, 0.1) is 5.92 Å². The average molecular weight is 246 g/mol. The van der Waals surface area contributed by atoms with Gasteiger partial charge in [0, 0.05) is 6.61 Å². The van der Waals surface area contributed by atoms with Crippen LogP contribution in [0.1, 0.15) is 45.4 Å². The summed E-state index contributed by atoms with van der Waals surface area (Å²) in [4.78, 5) is 22.2. The molecule has 0 heterocycles. The molecule has 0 aromatic heterocycles. The minimum atomic E-state index is -0.994. The number of carboxylic acids is 1. The molecule has 0 fully saturated rings. The van der Waals surface area contributed by atoms with Crippen LogP contribution in [-0.4, -0.2) is 35.4 Å². The summed E-state index contributed by atoms with van der Waals surface area (Å²) in [6, 6.07) is 0. The number of ether oxygens (including phenoxy) is 1. The van der Waals surface area contributed by atoms with Crippen molar-refractivity contribution < 1.29 is 24.5 Å². The molecule has 5 nitrogen and oxygen atoms in total. The summed E-state index contributed by atoms with van der Waals surface area (Å²) in [6.45, 7) is 2.40. The zero-order valence-electron chi connectivity index (χ0n) is 10.4. The highest BCUT2D eigenvalue weighted by molar-refractivity contribution is 5.79. The van der Waals surface area contributed by atoms with E-state index >= 15 is 0 Å². The Labute approximate surface area is 102 Å². The quantitative estimate of drug-likeness (QED) is 0.451. The second kappa shape index (κ2) is 10.1. The van der Waals surface area contributed by atoms with Gasteiger partial charge in [0.25, 0.3) is 0 Å². The number of hydrogen-bond donors (Lipinski definition) is 2. The summed E-state index contributed by atoms with van der Waals surface area (Å²) in [5.41, 5.74) is 0. The first-order chi connectivity index (χ1) is 8.11. The van der Waals surface area contributed by atoms with Gasteiger partial charge in [-0.25, -0.2) is 0 Å². The summed E-state index contributed by atoms with van der Waals surface area (Å²) >= 11 is 0. The van der Waals surface area contributed by atoms with Gasteiger partial charge in [-0.2, -0.15) is 0 Å². The van der Waals surface area contributed by atoms with Crippen LogP contribution in [-0.2, 0) is 14.3 Å². The van der Waals surface area contributed by atoms with Gasteiger partial charge in [0.15, 0.2) is 0 Å². The fraction of sp³-hybridized carbons (Fsp3) is 0.833. The molecule has 0 saturated carbocycles. The van der Waals surface area contributed by atoms with Crippen molar-refractivity contribution in [2.75, 3.05) is 13.2 Å². The first-order valence-electron chi connectivity index (χ1n) is 6.11. The van der Waals surface area contributed by atoms with Crippen LogP contribution >= 0.6 is 0 Å². The summed E-state index contributed by atoms with van der Waals surface area (Å²) in [5, 5.41) is 17.3. The molecule has 2 N–H and O–H groups in total. The minimum absolute atomic E-state index is 0.0602. The maximum absolute atomic E-state index is 11.6. The van der Waals surface area contributed by atoms with Gasteiger partial charge in [0.2, 0.25) is 0 Å². The standard InChI is InChI=1S/C12H22O5/c1-2-3-8-17-12(16)10(9-11(14)15)6-4-5-7-13/h10,13H,2-9H2,1H3,(H,14,15). The number of carboxylic acid groups (broad SMARTS) is 1. The van der Waals surface area contributed by atoms with Crippen molar-refractivity contribution in [3.63, 3.8) is 0 Å². The highest BCUT2D eigenvalue weighted by Crippen LogP contribution is 2.15. The zero-order valence-corrected chi connectivity index (χ0v) is 10.4. The molecule has 5 heteroatoms. The maximum atomic E-state index is 11.6. The van der Waals surface area contributed by atoms with Crippen molar-refractivity contribution in [2.24, 2.45) is 5.92 Å². The Balaban J connectivity index is 4.05. The van der Waals surface area contributed by atoms with E-state index in [0.717, 1.165) is 12.8 Å². The van der Waals surface area contributed by atoms with E-state index in [9.17, 15) is 9.59 Å². The molecule has 17 heavy (non-hydrogen) atoms. The molecular formula is C12H22O5. The van der Waals surface area contributed by atoms with Crippen LogP contribution in [0.25, 0.3) is 0 Å². The number of unbranched alkanes of at least 4 members (excludes halogenated alkanes) is 2. The SMILES string of the molecule is CCCCOC(=O)C(CCCCO)CC(=O)O. The third-order valence-electron chi connectivity index (χ3n) is 2.46. The van der Waals surface area contributed by atoms with E-state index in [1.54, 1.807) is 0 Å². The van der Waals surface area contributed by atoms with E-state index in [-0.39, 0.29) is 13.0 Å². The largest absolute Gasteiger partial charge is 0.481 e. The highest BCUT2D eigenvalue weighted by atomic mass is 16.5. The Morgan fingerprint density at radius 2 is 1.94 bits per heavy atom. The van der Waals surface area contributed by atoms with Crippen LogP contribution in [0.2, 0.25) is 0 Å². The molecular weight excluding hydrogens is 224 g/mol. The van der Waals surface area contributed by atoms with E-state index in [2.05, 4.69) is 0 Å². The molecule has 0 spiro atoms. The Morgan fingerprint density at radius 3 is 2.47 bits per heavy atom. The number of esters is 1. The van der Waals surface area contributed by atoms with Crippen LogP contribution in [0.4, 0.5) is 0 Å². The van der Waals surface area contributed by atoms with Gasteiger partial charge in [-0.3, -0.25) is 9.59 Å². The topological polar surface area (TPSA) is 83.8 Å². The first kappa shape index (κ1) is 15.9. The van der Waals surface area contributed by atoms with E-state index in [0.29, 0.717) is 25.9 Å². The van der Waals surface area contributed by atoms with Crippen LogP contribution in [0.15, 0.2) is 0 Å².